The van der Waals surface area contributed by atoms with E-state index in [1.54, 1.807) is 18.2 Å². The third-order valence-corrected chi connectivity index (χ3v) is 5.04. The zero-order valence-corrected chi connectivity index (χ0v) is 16.5. The van der Waals surface area contributed by atoms with E-state index in [4.69, 9.17) is 4.74 Å². The molecule has 2 aromatic rings. The van der Waals surface area contributed by atoms with Gasteiger partial charge < -0.3 is 9.64 Å². The van der Waals surface area contributed by atoms with E-state index in [1.165, 1.54) is 5.56 Å². The maximum atomic E-state index is 12.5. The highest BCUT2D eigenvalue weighted by atomic mass is 16.5. The molecule has 0 unspecified atom stereocenters. The molecule has 0 saturated heterocycles. The molecule has 2 aromatic carbocycles. The van der Waals surface area contributed by atoms with Gasteiger partial charge >= 0.3 is 5.97 Å². The number of hydrogen-bond acceptors (Lipinski definition) is 4. The SMILES string of the molecule is Cc1cc(C)cc(C(=O)OCC(=O)C=C2N(C)c3ccccc3C2(C)C)c1. The maximum Gasteiger partial charge on any atom is 0.338 e. The number of ether oxygens (including phenoxy) is 1. The molecule has 0 aliphatic carbocycles. The lowest BCUT2D eigenvalue weighted by Crippen LogP contribution is -2.25. The minimum absolute atomic E-state index is 0.226. The average Bonchev–Trinajstić information content (AvgIpc) is 2.80. The number of ketones is 1. The van der Waals surface area contributed by atoms with Crippen molar-refractivity contribution in [3.05, 3.63) is 76.5 Å². The number of likely N-dealkylation sites (N-methyl/N-ethyl adjacent to an activating group) is 1. The van der Waals surface area contributed by atoms with Crippen LogP contribution in [0, 0.1) is 13.8 Å². The molecule has 1 aliphatic heterocycles. The summed E-state index contributed by atoms with van der Waals surface area (Å²) in [4.78, 5) is 26.8. The molecule has 1 heterocycles. The van der Waals surface area contributed by atoms with Crippen LogP contribution < -0.4 is 4.90 Å². The highest BCUT2D eigenvalue weighted by Gasteiger charge is 2.38. The number of benzene rings is 2. The van der Waals surface area contributed by atoms with Gasteiger partial charge in [0.15, 0.2) is 12.4 Å². The van der Waals surface area contributed by atoms with E-state index in [0.717, 1.165) is 22.5 Å². The Balaban J connectivity index is 1.73. The molecule has 1 aliphatic rings. The average molecular weight is 363 g/mol. The normalized spacial score (nSPS) is 16.3. The van der Waals surface area contributed by atoms with E-state index in [9.17, 15) is 9.59 Å². The standard InChI is InChI=1S/C23H25NO3/c1-15-10-16(2)12-17(11-15)22(26)27-14-18(25)13-21-23(3,4)19-8-6-7-9-20(19)24(21)5/h6-13H,14H2,1-5H3. The van der Waals surface area contributed by atoms with Crippen molar-refractivity contribution < 1.29 is 14.3 Å². The minimum atomic E-state index is -0.476. The first kappa shape index (κ1) is 18.9. The molecule has 0 spiro atoms. The zero-order valence-electron chi connectivity index (χ0n) is 16.5. The van der Waals surface area contributed by atoms with Gasteiger partial charge in [0.1, 0.15) is 0 Å². The minimum Gasteiger partial charge on any atom is -0.454 e. The van der Waals surface area contributed by atoms with E-state index in [-0.39, 0.29) is 17.8 Å². The Hall–Kier alpha value is -2.88. The second-order valence-electron chi connectivity index (χ2n) is 7.65. The molecule has 0 radical (unpaired) electrons. The number of anilines is 1. The van der Waals surface area contributed by atoms with Gasteiger partial charge in [0.2, 0.25) is 0 Å². The Bertz CT molecular complexity index is 920. The van der Waals surface area contributed by atoms with Crippen LogP contribution >= 0.6 is 0 Å². The Morgan fingerprint density at radius 3 is 2.33 bits per heavy atom. The number of rotatable bonds is 4. The van der Waals surface area contributed by atoms with Gasteiger partial charge in [-0.2, -0.15) is 0 Å². The molecule has 0 saturated carbocycles. The first-order valence-electron chi connectivity index (χ1n) is 9.04. The Morgan fingerprint density at radius 1 is 1.07 bits per heavy atom. The predicted molar refractivity (Wildman–Crippen MR) is 107 cm³/mol. The fourth-order valence-corrected chi connectivity index (χ4v) is 3.77. The molecule has 0 bridgehead atoms. The summed E-state index contributed by atoms with van der Waals surface area (Å²) in [6, 6.07) is 13.6. The topological polar surface area (TPSA) is 46.6 Å². The van der Waals surface area contributed by atoms with Crippen molar-refractivity contribution in [2.24, 2.45) is 0 Å². The quantitative estimate of drug-likeness (QED) is 0.599. The van der Waals surface area contributed by atoms with Gasteiger partial charge in [-0.1, -0.05) is 49.2 Å². The molecule has 0 fully saturated rings. The van der Waals surface area contributed by atoms with Gasteiger partial charge in [0, 0.05) is 29.9 Å². The van der Waals surface area contributed by atoms with Crippen LogP contribution in [-0.2, 0) is 14.9 Å². The van der Waals surface area contributed by atoms with Crippen molar-refractivity contribution in [1.82, 2.24) is 0 Å². The lowest BCUT2D eigenvalue weighted by molar-refractivity contribution is -0.117. The summed E-state index contributed by atoms with van der Waals surface area (Å²) >= 11 is 0. The van der Waals surface area contributed by atoms with Crippen LogP contribution in [0.1, 0.15) is 40.9 Å². The van der Waals surface area contributed by atoms with Crippen molar-refractivity contribution in [2.45, 2.75) is 33.1 Å². The molecule has 0 aromatic heterocycles. The zero-order chi connectivity index (χ0) is 19.8. The number of allylic oxidation sites excluding steroid dienone is 1. The van der Waals surface area contributed by atoms with Crippen LogP contribution in [0.15, 0.2) is 54.2 Å². The molecule has 0 atom stereocenters. The van der Waals surface area contributed by atoms with Crippen LogP contribution in [0.5, 0.6) is 0 Å². The number of aryl methyl sites for hydroxylation is 2. The van der Waals surface area contributed by atoms with Crippen LogP contribution in [0.3, 0.4) is 0 Å². The molecule has 4 heteroatoms. The number of para-hydroxylation sites is 1. The highest BCUT2D eigenvalue weighted by Crippen LogP contribution is 2.46. The van der Waals surface area contributed by atoms with Gasteiger partial charge in [-0.25, -0.2) is 4.79 Å². The Labute approximate surface area is 160 Å². The van der Waals surface area contributed by atoms with E-state index in [1.807, 2.05) is 50.1 Å². The number of carbonyl (C=O) groups is 2. The van der Waals surface area contributed by atoms with E-state index in [0.29, 0.717) is 5.56 Å². The predicted octanol–water partition coefficient (Wildman–Crippen LogP) is 4.34. The molecule has 0 N–H and O–H groups in total. The van der Waals surface area contributed by atoms with Crippen LogP contribution in [0.2, 0.25) is 0 Å². The van der Waals surface area contributed by atoms with Crippen molar-refractivity contribution in [3.8, 4) is 0 Å². The first-order chi connectivity index (χ1) is 12.7. The largest absolute Gasteiger partial charge is 0.454 e. The molecule has 3 rings (SSSR count). The maximum absolute atomic E-state index is 12.5. The van der Waals surface area contributed by atoms with Gasteiger partial charge in [-0.15, -0.1) is 0 Å². The number of carbonyl (C=O) groups excluding carboxylic acids is 2. The van der Waals surface area contributed by atoms with Crippen molar-refractivity contribution in [3.63, 3.8) is 0 Å². The summed E-state index contributed by atoms with van der Waals surface area (Å²) in [6.45, 7) is 7.77. The van der Waals surface area contributed by atoms with E-state index < -0.39 is 5.97 Å². The van der Waals surface area contributed by atoms with Crippen molar-refractivity contribution in [1.29, 1.82) is 0 Å². The monoisotopic (exact) mass is 363 g/mol. The number of esters is 1. The third-order valence-electron chi connectivity index (χ3n) is 5.04. The molecule has 4 nitrogen and oxygen atoms in total. The summed E-state index contributed by atoms with van der Waals surface area (Å²) in [5.74, 6) is -0.702. The van der Waals surface area contributed by atoms with E-state index >= 15 is 0 Å². The Morgan fingerprint density at radius 2 is 1.70 bits per heavy atom. The summed E-state index contributed by atoms with van der Waals surface area (Å²) in [5, 5.41) is 0. The molecule has 140 valence electrons. The molecular formula is C23H25NO3. The molecule has 27 heavy (non-hydrogen) atoms. The molecular weight excluding hydrogens is 338 g/mol. The second-order valence-corrected chi connectivity index (χ2v) is 7.65. The van der Waals surface area contributed by atoms with Crippen molar-refractivity contribution >= 4 is 17.4 Å². The third kappa shape index (κ3) is 3.65. The first-order valence-corrected chi connectivity index (χ1v) is 9.04. The van der Waals surface area contributed by atoms with Crippen LogP contribution in [0.25, 0.3) is 0 Å². The van der Waals surface area contributed by atoms with Gasteiger partial charge in [-0.3, -0.25) is 4.79 Å². The van der Waals surface area contributed by atoms with Gasteiger partial charge in [0.25, 0.3) is 0 Å². The summed E-state index contributed by atoms with van der Waals surface area (Å²) in [6.07, 6.45) is 1.59. The fraction of sp³-hybridized carbons (Fsp3) is 0.304. The fourth-order valence-electron chi connectivity index (χ4n) is 3.77. The number of nitrogens with zero attached hydrogens (tertiary/aromatic N) is 1. The summed E-state index contributed by atoms with van der Waals surface area (Å²) < 4.78 is 5.24. The second kappa shape index (κ2) is 7.03. The lowest BCUT2D eigenvalue weighted by Gasteiger charge is -2.23. The van der Waals surface area contributed by atoms with Crippen LogP contribution in [0.4, 0.5) is 5.69 Å². The van der Waals surface area contributed by atoms with Gasteiger partial charge in [0.05, 0.1) is 5.56 Å². The van der Waals surface area contributed by atoms with Gasteiger partial charge in [-0.05, 0) is 37.6 Å². The summed E-state index contributed by atoms with van der Waals surface area (Å²) in [5.41, 5.74) is 5.34. The lowest BCUT2D eigenvalue weighted by atomic mass is 9.83. The van der Waals surface area contributed by atoms with Crippen LogP contribution in [-0.4, -0.2) is 25.4 Å². The van der Waals surface area contributed by atoms with E-state index in [2.05, 4.69) is 19.9 Å². The highest BCUT2D eigenvalue weighted by molar-refractivity contribution is 5.96. The van der Waals surface area contributed by atoms with Crippen molar-refractivity contribution in [2.75, 3.05) is 18.6 Å². The number of hydrogen-bond donors (Lipinski definition) is 0. The summed E-state index contributed by atoms with van der Waals surface area (Å²) in [7, 11) is 1.95. The Kier molecular flexibility index (Phi) is 4.92. The smallest absolute Gasteiger partial charge is 0.338 e. The number of fused-ring (bicyclic) bond motifs is 1. The molecule has 0 amide bonds.